The Kier molecular flexibility index (Phi) is 3.73. The molecule has 0 bridgehead atoms. The van der Waals surface area contributed by atoms with Crippen LogP contribution in [0.3, 0.4) is 0 Å². The number of nitrogens with zero attached hydrogens (tertiary/aromatic N) is 1. The van der Waals surface area contributed by atoms with Crippen LogP contribution in [0.15, 0.2) is 34.2 Å². The summed E-state index contributed by atoms with van der Waals surface area (Å²) in [6, 6.07) is 7.23. The second-order valence-electron chi connectivity index (χ2n) is 4.66. The van der Waals surface area contributed by atoms with Crippen LogP contribution in [0.25, 0.3) is 0 Å². The van der Waals surface area contributed by atoms with Crippen LogP contribution in [0.2, 0.25) is 5.02 Å². The summed E-state index contributed by atoms with van der Waals surface area (Å²) in [6.45, 7) is 0. The molecule has 2 aromatic rings. The van der Waals surface area contributed by atoms with E-state index in [-0.39, 0.29) is 23.8 Å². The number of H-pyrrole nitrogens is 1. The maximum absolute atomic E-state index is 12.3. The van der Waals surface area contributed by atoms with Gasteiger partial charge in [-0.3, -0.25) is 9.59 Å². The summed E-state index contributed by atoms with van der Waals surface area (Å²) in [5.74, 6) is -0.226. The number of aromatic nitrogens is 2. The lowest BCUT2D eigenvalue weighted by Crippen LogP contribution is -2.31. The lowest BCUT2D eigenvalue weighted by atomic mass is 9.87. The number of thioether (sulfide) groups is 1. The summed E-state index contributed by atoms with van der Waals surface area (Å²) in [5, 5.41) is 3.68. The van der Waals surface area contributed by atoms with Crippen molar-refractivity contribution in [2.75, 3.05) is 11.6 Å². The second kappa shape index (κ2) is 5.54. The highest BCUT2D eigenvalue weighted by Crippen LogP contribution is 2.37. The van der Waals surface area contributed by atoms with Crippen molar-refractivity contribution in [2.24, 2.45) is 0 Å². The van der Waals surface area contributed by atoms with Gasteiger partial charge in [-0.25, -0.2) is 4.98 Å². The van der Waals surface area contributed by atoms with E-state index in [0.717, 1.165) is 5.56 Å². The van der Waals surface area contributed by atoms with Gasteiger partial charge in [0.25, 0.3) is 5.56 Å². The van der Waals surface area contributed by atoms with E-state index in [0.29, 0.717) is 21.6 Å². The highest BCUT2D eigenvalue weighted by molar-refractivity contribution is 7.98. The molecule has 2 N–H and O–H groups in total. The minimum atomic E-state index is -0.380. The van der Waals surface area contributed by atoms with Crippen LogP contribution in [-0.2, 0) is 4.79 Å². The molecular formula is C14H12ClN3O2S. The standard InChI is InChI=1S/C14H12ClN3O2S/c1-21-14-17-12-11(13(20)18-14)8(6-10(19)16-12)7-4-2-3-5-9(7)15/h2-5,8H,6H2,1H3,(H2,16,17,18,19,20)/t8-/m1/s1. The average molecular weight is 322 g/mol. The summed E-state index contributed by atoms with van der Waals surface area (Å²) in [6.07, 6.45) is 1.99. The summed E-state index contributed by atoms with van der Waals surface area (Å²) in [4.78, 5) is 31.3. The van der Waals surface area contributed by atoms with Gasteiger partial charge in [0.2, 0.25) is 5.91 Å². The molecule has 0 saturated heterocycles. The Morgan fingerprint density at radius 1 is 1.33 bits per heavy atom. The quantitative estimate of drug-likeness (QED) is 0.658. The molecule has 3 rings (SSSR count). The lowest BCUT2D eigenvalue weighted by Gasteiger charge is -2.25. The number of aromatic amines is 1. The molecule has 1 aliphatic heterocycles. The molecule has 0 aliphatic carbocycles. The van der Waals surface area contributed by atoms with Crippen LogP contribution < -0.4 is 10.9 Å². The Morgan fingerprint density at radius 3 is 2.81 bits per heavy atom. The van der Waals surface area contributed by atoms with Crippen molar-refractivity contribution in [3.05, 3.63) is 50.8 Å². The van der Waals surface area contributed by atoms with E-state index in [1.54, 1.807) is 12.3 Å². The first-order valence-corrected chi connectivity index (χ1v) is 7.93. The maximum atomic E-state index is 12.3. The topological polar surface area (TPSA) is 74.8 Å². The number of benzene rings is 1. The van der Waals surface area contributed by atoms with Gasteiger partial charge in [0.15, 0.2) is 5.16 Å². The summed E-state index contributed by atoms with van der Waals surface area (Å²) in [7, 11) is 0. The molecule has 1 aromatic carbocycles. The van der Waals surface area contributed by atoms with Crippen LogP contribution in [0, 0.1) is 0 Å². The van der Waals surface area contributed by atoms with Crippen molar-refractivity contribution >= 4 is 35.1 Å². The smallest absolute Gasteiger partial charge is 0.257 e. The Hall–Kier alpha value is -1.79. The van der Waals surface area contributed by atoms with Crippen LogP contribution >= 0.6 is 23.4 Å². The van der Waals surface area contributed by atoms with Gasteiger partial charge in [-0.2, -0.15) is 0 Å². The van der Waals surface area contributed by atoms with E-state index in [9.17, 15) is 9.59 Å². The number of halogens is 1. The number of carbonyl (C=O) groups excluding carboxylic acids is 1. The second-order valence-corrected chi connectivity index (χ2v) is 5.87. The predicted octanol–water partition coefficient (Wildman–Crippen LogP) is 2.62. The first-order valence-electron chi connectivity index (χ1n) is 6.32. The molecule has 0 saturated carbocycles. The van der Waals surface area contributed by atoms with Crippen LogP contribution in [-0.4, -0.2) is 22.1 Å². The van der Waals surface area contributed by atoms with Crippen molar-refractivity contribution in [1.82, 2.24) is 9.97 Å². The number of anilines is 1. The minimum Gasteiger partial charge on any atom is -0.310 e. The minimum absolute atomic E-state index is 0.169. The number of fused-ring (bicyclic) bond motifs is 1. The Morgan fingerprint density at radius 2 is 2.10 bits per heavy atom. The summed E-state index contributed by atoms with van der Waals surface area (Å²) >= 11 is 7.53. The average Bonchev–Trinajstić information content (AvgIpc) is 2.46. The van der Waals surface area contributed by atoms with Gasteiger partial charge in [0.05, 0.1) is 5.56 Å². The molecule has 108 valence electrons. The van der Waals surface area contributed by atoms with E-state index in [4.69, 9.17) is 11.6 Å². The zero-order valence-electron chi connectivity index (χ0n) is 11.1. The molecule has 21 heavy (non-hydrogen) atoms. The van der Waals surface area contributed by atoms with Crippen LogP contribution in [0.5, 0.6) is 0 Å². The summed E-state index contributed by atoms with van der Waals surface area (Å²) < 4.78 is 0. The van der Waals surface area contributed by atoms with Gasteiger partial charge in [-0.05, 0) is 17.9 Å². The molecule has 5 nitrogen and oxygen atoms in total. The molecule has 2 heterocycles. The van der Waals surface area contributed by atoms with Gasteiger partial charge in [-0.1, -0.05) is 41.6 Å². The fraction of sp³-hybridized carbons (Fsp3) is 0.214. The van der Waals surface area contributed by atoms with Crippen molar-refractivity contribution in [3.8, 4) is 0 Å². The van der Waals surface area contributed by atoms with E-state index < -0.39 is 0 Å². The van der Waals surface area contributed by atoms with Gasteiger partial charge in [0.1, 0.15) is 5.82 Å². The molecule has 0 spiro atoms. The van der Waals surface area contributed by atoms with Crippen molar-refractivity contribution < 1.29 is 4.79 Å². The zero-order valence-corrected chi connectivity index (χ0v) is 12.7. The van der Waals surface area contributed by atoms with Gasteiger partial charge in [-0.15, -0.1) is 0 Å². The van der Waals surface area contributed by atoms with E-state index >= 15 is 0 Å². The fourth-order valence-electron chi connectivity index (χ4n) is 2.47. The molecule has 1 aromatic heterocycles. The van der Waals surface area contributed by atoms with Crippen LogP contribution in [0.4, 0.5) is 5.82 Å². The SMILES string of the molecule is CSc1nc2c(c(=O)[nH]1)[C@@H](c1ccccc1Cl)CC(=O)N2. The monoisotopic (exact) mass is 321 g/mol. The number of carbonyl (C=O) groups is 1. The fourth-order valence-corrected chi connectivity index (χ4v) is 3.12. The maximum Gasteiger partial charge on any atom is 0.257 e. The third kappa shape index (κ3) is 2.56. The third-order valence-corrected chi connectivity index (χ3v) is 4.33. The number of amides is 1. The highest BCUT2D eigenvalue weighted by atomic mass is 35.5. The first-order chi connectivity index (χ1) is 10.1. The zero-order chi connectivity index (χ0) is 15.0. The Labute approximate surface area is 130 Å². The van der Waals surface area contributed by atoms with Gasteiger partial charge >= 0.3 is 0 Å². The number of hydrogen-bond acceptors (Lipinski definition) is 4. The normalized spacial score (nSPS) is 17.2. The van der Waals surface area contributed by atoms with Gasteiger partial charge < -0.3 is 10.3 Å². The molecule has 7 heteroatoms. The molecule has 1 atom stereocenters. The Bertz CT molecular complexity index is 775. The molecular weight excluding hydrogens is 310 g/mol. The lowest BCUT2D eigenvalue weighted by molar-refractivity contribution is -0.116. The highest BCUT2D eigenvalue weighted by Gasteiger charge is 2.31. The van der Waals surface area contributed by atoms with Crippen LogP contribution in [0.1, 0.15) is 23.5 Å². The van der Waals surface area contributed by atoms with Crippen molar-refractivity contribution in [3.63, 3.8) is 0 Å². The largest absolute Gasteiger partial charge is 0.310 e. The number of nitrogens with one attached hydrogen (secondary N) is 2. The van der Waals surface area contributed by atoms with E-state index in [1.807, 2.05) is 18.2 Å². The first kappa shape index (κ1) is 14.2. The molecule has 0 radical (unpaired) electrons. The number of rotatable bonds is 2. The summed E-state index contributed by atoms with van der Waals surface area (Å²) in [5.41, 5.74) is 0.981. The molecule has 1 aliphatic rings. The van der Waals surface area contributed by atoms with Gasteiger partial charge in [0, 0.05) is 17.4 Å². The van der Waals surface area contributed by atoms with Crippen molar-refractivity contribution in [2.45, 2.75) is 17.5 Å². The Balaban J connectivity index is 2.21. The predicted molar refractivity (Wildman–Crippen MR) is 83.2 cm³/mol. The molecule has 1 amide bonds. The van der Waals surface area contributed by atoms with E-state index in [2.05, 4.69) is 15.3 Å². The van der Waals surface area contributed by atoms with Crippen molar-refractivity contribution in [1.29, 1.82) is 0 Å². The molecule has 0 unspecified atom stereocenters. The molecule has 0 fully saturated rings. The van der Waals surface area contributed by atoms with E-state index in [1.165, 1.54) is 11.8 Å². The third-order valence-electron chi connectivity index (χ3n) is 3.40. The number of hydrogen-bond donors (Lipinski definition) is 2.